The van der Waals surface area contributed by atoms with E-state index in [9.17, 15) is 15.0 Å². The van der Waals surface area contributed by atoms with E-state index in [4.69, 9.17) is 0 Å². The van der Waals surface area contributed by atoms with E-state index >= 15 is 0 Å². The van der Waals surface area contributed by atoms with Crippen molar-refractivity contribution in [3.8, 4) is 0 Å². The molecule has 0 spiro atoms. The van der Waals surface area contributed by atoms with Crippen molar-refractivity contribution in [2.45, 2.75) is 167 Å². The van der Waals surface area contributed by atoms with Gasteiger partial charge in [0.15, 0.2) is 0 Å². The predicted octanol–water partition coefficient (Wildman–Crippen LogP) is 12.5. The molecule has 3 N–H and O–H groups in total. The van der Waals surface area contributed by atoms with Gasteiger partial charge in [-0.2, -0.15) is 0 Å². The molecule has 0 saturated carbocycles. The number of aliphatic hydroxyl groups excluding tert-OH is 2. The average molecular weight is 690 g/mol. The van der Waals surface area contributed by atoms with Gasteiger partial charge in [0.05, 0.1) is 18.8 Å². The smallest absolute Gasteiger partial charge is 0.220 e. The number of unbranched alkanes of at least 4 members (excludes halogenated alkanes) is 11. The van der Waals surface area contributed by atoms with Gasteiger partial charge in [-0.15, -0.1) is 0 Å². The minimum atomic E-state index is -0.892. The number of hydrogen-bond acceptors (Lipinski definition) is 3. The third-order valence-electron chi connectivity index (χ3n) is 8.24. The topological polar surface area (TPSA) is 69.6 Å². The van der Waals surface area contributed by atoms with Gasteiger partial charge in [0.25, 0.3) is 0 Å². The van der Waals surface area contributed by atoms with Crippen LogP contribution in [0, 0.1) is 0 Å². The molecule has 0 aliphatic carbocycles. The molecule has 0 aromatic carbocycles. The lowest BCUT2D eigenvalue weighted by atomic mass is 10.1. The first kappa shape index (κ1) is 47.0. The normalized spacial score (nSPS) is 14.2. The third-order valence-corrected chi connectivity index (χ3v) is 8.24. The molecule has 282 valence electrons. The summed E-state index contributed by atoms with van der Waals surface area (Å²) in [5.41, 5.74) is 0. The molecule has 0 aromatic heterocycles. The monoisotopic (exact) mass is 690 g/mol. The van der Waals surface area contributed by atoms with E-state index in [1.165, 1.54) is 57.8 Å². The van der Waals surface area contributed by atoms with Crippen LogP contribution in [0.1, 0.15) is 155 Å². The van der Waals surface area contributed by atoms with Crippen LogP contribution in [0.3, 0.4) is 0 Å². The molecule has 2 atom stereocenters. The number of nitrogens with one attached hydrogen (secondary N) is 1. The molecule has 0 rings (SSSR count). The van der Waals surface area contributed by atoms with Gasteiger partial charge in [-0.25, -0.2) is 0 Å². The summed E-state index contributed by atoms with van der Waals surface area (Å²) in [5.74, 6) is -0.138. The van der Waals surface area contributed by atoms with Crippen LogP contribution in [-0.2, 0) is 4.79 Å². The maximum Gasteiger partial charge on any atom is 0.220 e. The Labute approximate surface area is 308 Å². The maximum absolute atomic E-state index is 12.3. The first-order valence-electron chi connectivity index (χ1n) is 20.1. The second-order valence-electron chi connectivity index (χ2n) is 13.0. The van der Waals surface area contributed by atoms with E-state index < -0.39 is 12.1 Å². The van der Waals surface area contributed by atoms with E-state index in [0.29, 0.717) is 6.42 Å². The van der Waals surface area contributed by atoms with E-state index in [-0.39, 0.29) is 12.5 Å². The highest BCUT2D eigenvalue weighted by Gasteiger charge is 2.17. The minimum absolute atomic E-state index is 0.138. The molecule has 2 unspecified atom stereocenters. The number of hydrogen-bond donors (Lipinski definition) is 3. The molecule has 0 fully saturated rings. The van der Waals surface area contributed by atoms with Gasteiger partial charge in [0, 0.05) is 6.42 Å². The van der Waals surface area contributed by atoms with E-state index in [1.54, 1.807) is 6.08 Å². The van der Waals surface area contributed by atoms with Crippen LogP contribution in [-0.4, -0.2) is 34.9 Å². The predicted molar refractivity (Wildman–Crippen MR) is 220 cm³/mol. The van der Waals surface area contributed by atoms with Crippen LogP contribution in [0.2, 0.25) is 0 Å². The second-order valence-corrected chi connectivity index (χ2v) is 13.0. The fourth-order valence-corrected chi connectivity index (χ4v) is 5.18. The second kappa shape index (κ2) is 40.5. The summed E-state index contributed by atoms with van der Waals surface area (Å²) in [5, 5.41) is 22.9. The molecule has 0 aromatic rings. The lowest BCUT2D eigenvalue weighted by molar-refractivity contribution is -0.122. The summed E-state index contributed by atoms with van der Waals surface area (Å²) in [7, 11) is 0. The lowest BCUT2D eigenvalue weighted by Gasteiger charge is -2.19. The molecule has 1 amide bonds. The average Bonchev–Trinajstić information content (AvgIpc) is 3.12. The van der Waals surface area contributed by atoms with Crippen molar-refractivity contribution in [1.29, 1.82) is 0 Å². The van der Waals surface area contributed by atoms with Crippen LogP contribution in [0.5, 0.6) is 0 Å². The van der Waals surface area contributed by atoms with Crippen LogP contribution in [0.15, 0.2) is 109 Å². The summed E-state index contributed by atoms with van der Waals surface area (Å²) < 4.78 is 0. The van der Waals surface area contributed by atoms with E-state index in [2.05, 4.69) is 116 Å². The summed E-state index contributed by atoms with van der Waals surface area (Å²) in [6, 6.07) is -0.676. The summed E-state index contributed by atoms with van der Waals surface area (Å²) >= 11 is 0. The number of carbonyl (C=O) groups excluding carboxylic acids is 1. The van der Waals surface area contributed by atoms with Crippen LogP contribution >= 0.6 is 0 Å². The van der Waals surface area contributed by atoms with Gasteiger partial charge in [-0.05, 0) is 83.5 Å². The molecule has 4 nitrogen and oxygen atoms in total. The molecule has 0 heterocycles. The number of allylic oxidation sites excluding steroid dienone is 17. The molecular formula is C46H75NO3. The first-order valence-corrected chi connectivity index (χ1v) is 20.1. The van der Waals surface area contributed by atoms with Crippen molar-refractivity contribution in [1.82, 2.24) is 5.32 Å². The first-order chi connectivity index (χ1) is 24.7. The highest BCUT2D eigenvalue weighted by molar-refractivity contribution is 5.76. The molecule has 0 saturated heterocycles. The number of rotatable bonds is 34. The molecule has 0 aliphatic heterocycles. The Kier molecular flexibility index (Phi) is 38.1. The van der Waals surface area contributed by atoms with Crippen LogP contribution in [0.4, 0.5) is 0 Å². The zero-order chi connectivity index (χ0) is 36.4. The Morgan fingerprint density at radius 2 is 0.900 bits per heavy atom. The van der Waals surface area contributed by atoms with Gasteiger partial charge in [-0.1, -0.05) is 175 Å². The van der Waals surface area contributed by atoms with Gasteiger partial charge in [0.1, 0.15) is 0 Å². The van der Waals surface area contributed by atoms with Crippen molar-refractivity contribution in [2.24, 2.45) is 0 Å². The van der Waals surface area contributed by atoms with Gasteiger partial charge < -0.3 is 15.5 Å². The summed E-state index contributed by atoms with van der Waals surface area (Å²) in [4.78, 5) is 12.3. The Morgan fingerprint density at radius 1 is 0.500 bits per heavy atom. The van der Waals surface area contributed by atoms with Crippen molar-refractivity contribution < 1.29 is 15.0 Å². The highest BCUT2D eigenvalue weighted by atomic mass is 16.3. The molecule has 4 heteroatoms. The lowest BCUT2D eigenvalue weighted by Crippen LogP contribution is -2.45. The fourth-order valence-electron chi connectivity index (χ4n) is 5.18. The van der Waals surface area contributed by atoms with Gasteiger partial charge in [-0.3, -0.25) is 4.79 Å². The SMILES string of the molecule is CC/C=C\C/C=C\C/C=C\C/C=C\C/C=C\C/C=C\C/C=C\CCCC(=O)NC(CO)C(O)/C=C/CC/C=C/CCCCCCCCCCC. The van der Waals surface area contributed by atoms with Crippen LogP contribution in [0.25, 0.3) is 0 Å². The molecule has 0 radical (unpaired) electrons. The van der Waals surface area contributed by atoms with Crippen molar-refractivity contribution in [3.05, 3.63) is 109 Å². The Hall–Kier alpha value is -2.95. The van der Waals surface area contributed by atoms with E-state index in [1.807, 2.05) is 6.08 Å². The quantitative estimate of drug-likeness (QED) is 0.0465. The number of carbonyl (C=O) groups is 1. The van der Waals surface area contributed by atoms with E-state index in [0.717, 1.165) is 77.0 Å². The molecule has 0 bridgehead atoms. The standard InChI is InChI=1S/C46H75NO3/c1-3-5-7-9-11-13-15-17-19-20-21-22-23-24-25-26-28-30-32-34-36-38-40-42-46(50)47-44(43-48)45(49)41-39-37-35-33-31-29-27-18-16-14-12-10-8-6-4-2/h5,7,11,13,17,19,21-22,24-25,28,30-31,33-34,36,39,41,44-45,48-49H,3-4,6,8-10,12,14-16,18,20,23,26-27,29,32,35,37-38,40,42-43H2,1-2H3,(H,47,50)/b7-5-,13-11-,19-17-,22-21-,25-24-,30-28-,33-31+,36-34-,41-39+. The third kappa shape index (κ3) is 36.3. The zero-order valence-corrected chi connectivity index (χ0v) is 32.1. The fraction of sp³-hybridized carbons (Fsp3) is 0.587. The summed E-state index contributed by atoms with van der Waals surface area (Å²) in [6.45, 7) is 4.13. The Morgan fingerprint density at radius 3 is 1.40 bits per heavy atom. The number of aliphatic hydroxyl groups is 2. The van der Waals surface area contributed by atoms with Crippen LogP contribution < -0.4 is 5.32 Å². The van der Waals surface area contributed by atoms with Gasteiger partial charge >= 0.3 is 0 Å². The van der Waals surface area contributed by atoms with Crippen molar-refractivity contribution in [2.75, 3.05) is 6.61 Å². The largest absolute Gasteiger partial charge is 0.394 e. The highest BCUT2D eigenvalue weighted by Crippen LogP contribution is 2.11. The van der Waals surface area contributed by atoms with Crippen molar-refractivity contribution in [3.63, 3.8) is 0 Å². The van der Waals surface area contributed by atoms with Gasteiger partial charge in [0.2, 0.25) is 5.91 Å². The molecule has 0 aliphatic rings. The molecule has 50 heavy (non-hydrogen) atoms. The Balaban J connectivity index is 3.84. The van der Waals surface area contributed by atoms with Crippen molar-refractivity contribution >= 4 is 5.91 Å². The maximum atomic E-state index is 12.3. The number of amides is 1. The molecular weight excluding hydrogens is 615 g/mol. The Bertz CT molecular complexity index is 1010. The summed E-state index contributed by atoms with van der Waals surface area (Å²) in [6.07, 6.45) is 61.8. The zero-order valence-electron chi connectivity index (χ0n) is 32.1. The minimum Gasteiger partial charge on any atom is -0.394 e.